The minimum atomic E-state index is 0. The van der Waals surface area contributed by atoms with Crippen LogP contribution in [0.2, 0.25) is 5.02 Å². The number of thioether (sulfide) groups is 1. The minimum Gasteiger partial charge on any atom is -0.356 e. The number of aryl methyl sites for hydroxylation is 1. The zero-order chi connectivity index (χ0) is 15.8. The van der Waals surface area contributed by atoms with Crippen LogP contribution in [0.5, 0.6) is 0 Å². The van der Waals surface area contributed by atoms with Crippen LogP contribution in [0.15, 0.2) is 40.4 Å². The van der Waals surface area contributed by atoms with Crippen LogP contribution in [0.4, 0.5) is 0 Å². The highest BCUT2D eigenvalue weighted by molar-refractivity contribution is 14.0. The van der Waals surface area contributed by atoms with Gasteiger partial charge < -0.3 is 10.6 Å². The number of thiazole rings is 1. The molecule has 0 aliphatic heterocycles. The lowest BCUT2D eigenvalue weighted by molar-refractivity contribution is 0.840. The van der Waals surface area contributed by atoms with E-state index in [-0.39, 0.29) is 24.0 Å². The largest absolute Gasteiger partial charge is 0.356 e. The maximum Gasteiger partial charge on any atom is 0.191 e. The highest BCUT2D eigenvalue weighted by atomic mass is 127. The van der Waals surface area contributed by atoms with E-state index in [0.29, 0.717) is 0 Å². The molecule has 2 aromatic rings. The van der Waals surface area contributed by atoms with Crippen LogP contribution >= 0.6 is 58.7 Å². The van der Waals surface area contributed by atoms with Gasteiger partial charge in [-0.25, -0.2) is 4.98 Å². The predicted molar refractivity (Wildman–Crippen MR) is 113 cm³/mol. The highest BCUT2D eigenvalue weighted by Crippen LogP contribution is 2.19. The molecule has 8 heteroatoms. The zero-order valence-corrected chi connectivity index (χ0v) is 17.7. The van der Waals surface area contributed by atoms with Crippen molar-refractivity contribution in [2.45, 2.75) is 18.4 Å². The van der Waals surface area contributed by atoms with Crippen molar-refractivity contribution >= 4 is 64.6 Å². The van der Waals surface area contributed by atoms with Crippen LogP contribution < -0.4 is 10.6 Å². The Kier molecular flexibility index (Phi) is 9.92. The molecular formula is C15H20ClIN4S2. The van der Waals surface area contributed by atoms with Crippen LogP contribution in [0.3, 0.4) is 0 Å². The van der Waals surface area contributed by atoms with Crippen LogP contribution in [0, 0.1) is 6.92 Å². The quantitative estimate of drug-likeness (QED) is 0.213. The molecule has 1 aromatic heterocycles. The fraction of sp³-hybridized carbons (Fsp3) is 0.333. The average Bonchev–Trinajstić information content (AvgIpc) is 2.94. The number of nitrogens with one attached hydrogen (secondary N) is 2. The number of guanidine groups is 1. The molecule has 126 valence electrons. The van der Waals surface area contributed by atoms with E-state index in [0.717, 1.165) is 34.8 Å². The van der Waals surface area contributed by atoms with Crippen LogP contribution in [0.1, 0.15) is 9.88 Å². The number of benzene rings is 1. The fourth-order valence-electron chi connectivity index (χ4n) is 1.75. The topological polar surface area (TPSA) is 49.3 Å². The van der Waals surface area contributed by atoms with Crippen molar-refractivity contribution in [3.8, 4) is 0 Å². The van der Waals surface area contributed by atoms with E-state index in [2.05, 4.69) is 20.6 Å². The van der Waals surface area contributed by atoms with Crippen molar-refractivity contribution in [1.82, 2.24) is 15.6 Å². The highest BCUT2D eigenvalue weighted by Gasteiger charge is 2.01. The van der Waals surface area contributed by atoms with Crippen LogP contribution in [-0.4, -0.2) is 30.3 Å². The Labute approximate surface area is 167 Å². The van der Waals surface area contributed by atoms with Crippen molar-refractivity contribution in [3.05, 3.63) is 45.4 Å². The molecule has 0 aliphatic rings. The SMILES string of the molecule is CN=C(NCCSc1ccc(Cl)cc1)NCc1cnc(C)s1.I. The molecule has 0 spiro atoms. The van der Waals surface area contributed by atoms with Crippen molar-refractivity contribution in [3.63, 3.8) is 0 Å². The van der Waals surface area contributed by atoms with Gasteiger partial charge >= 0.3 is 0 Å². The number of rotatable bonds is 6. The molecule has 0 bridgehead atoms. The Morgan fingerprint density at radius 1 is 1.30 bits per heavy atom. The summed E-state index contributed by atoms with van der Waals surface area (Å²) in [6.45, 7) is 3.60. The van der Waals surface area contributed by atoms with E-state index >= 15 is 0 Å². The van der Waals surface area contributed by atoms with E-state index < -0.39 is 0 Å². The molecule has 4 nitrogen and oxygen atoms in total. The summed E-state index contributed by atoms with van der Waals surface area (Å²) < 4.78 is 0. The van der Waals surface area contributed by atoms with Crippen molar-refractivity contribution in [2.24, 2.45) is 4.99 Å². The van der Waals surface area contributed by atoms with E-state index in [1.165, 1.54) is 9.77 Å². The lowest BCUT2D eigenvalue weighted by Crippen LogP contribution is -2.37. The summed E-state index contributed by atoms with van der Waals surface area (Å²) in [5.74, 6) is 1.77. The fourth-order valence-corrected chi connectivity index (χ4v) is 3.38. The molecule has 2 N–H and O–H groups in total. The van der Waals surface area contributed by atoms with E-state index in [9.17, 15) is 0 Å². The zero-order valence-electron chi connectivity index (χ0n) is 13.0. The summed E-state index contributed by atoms with van der Waals surface area (Å²) in [7, 11) is 1.78. The maximum atomic E-state index is 5.87. The number of hydrogen-bond acceptors (Lipinski definition) is 4. The number of halogens is 2. The number of aromatic nitrogens is 1. The lowest BCUT2D eigenvalue weighted by atomic mass is 10.4. The van der Waals surface area contributed by atoms with Gasteiger partial charge in [0.1, 0.15) is 0 Å². The summed E-state index contributed by atoms with van der Waals surface area (Å²) in [6, 6.07) is 7.89. The molecule has 0 atom stereocenters. The van der Waals surface area contributed by atoms with Crippen LogP contribution in [0.25, 0.3) is 0 Å². The molecule has 2 rings (SSSR count). The average molecular weight is 483 g/mol. The van der Waals surface area contributed by atoms with Gasteiger partial charge in [0.25, 0.3) is 0 Å². The first-order valence-corrected chi connectivity index (χ1v) is 9.09. The van der Waals surface area contributed by atoms with Gasteiger partial charge in [-0.1, -0.05) is 11.6 Å². The number of hydrogen-bond donors (Lipinski definition) is 2. The maximum absolute atomic E-state index is 5.87. The molecule has 0 saturated heterocycles. The molecule has 1 heterocycles. The predicted octanol–water partition coefficient (Wildman–Crippen LogP) is 4.18. The third kappa shape index (κ3) is 7.73. The number of aliphatic imine (C=N–C) groups is 1. The molecule has 0 fully saturated rings. The molecule has 0 amide bonds. The van der Waals surface area contributed by atoms with Gasteiger partial charge in [-0.2, -0.15) is 0 Å². The van der Waals surface area contributed by atoms with Gasteiger partial charge in [-0.05, 0) is 31.2 Å². The van der Waals surface area contributed by atoms with Crippen LogP contribution in [-0.2, 0) is 6.54 Å². The number of nitrogens with zero attached hydrogens (tertiary/aromatic N) is 2. The van der Waals surface area contributed by atoms with Crippen molar-refractivity contribution < 1.29 is 0 Å². The molecule has 0 saturated carbocycles. The first-order valence-electron chi connectivity index (χ1n) is 6.91. The third-order valence-electron chi connectivity index (χ3n) is 2.80. The summed E-state index contributed by atoms with van der Waals surface area (Å²) >= 11 is 9.35. The minimum absolute atomic E-state index is 0. The second-order valence-electron chi connectivity index (χ2n) is 4.50. The molecule has 0 aliphatic carbocycles. The summed E-state index contributed by atoms with van der Waals surface area (Å²) in [4.78, 5) is 10.9. The lowest BCUT2D eigenvalue weighted by Gasteiger charge is -2.10. The third-order valence-corrected chi connectivity index (χ3v) is 4.98. The van der Waals surface area contributed by atoms with E-state index in [1.807, 2.05) is 37.4 Å². The summed E-state index contributed by atoms with van der Waals surface area (Å²) in [5, 5.41) is 8.44. The standard InChI is InChI=1S/C15H19ClN4S2.HI/c1-11-19-9-14(22-11)10-20-15(17-2)18-7-8-21-13-5-3-12(16)4-6-13;/h3-6,9H,7-8,10H2,1-2H3,(H2,17,18,20);1H. The van der Waals surface area contributed by atoms with Crippen molar-refractivity contribution in [2.75, 3.05) is 19.3 Å². The Hall–Kier alpha value is -0.510. The normalized spacial score (nSPS) is 11.0. The van der Waals surface area contributed by atoms with Gasteiger partial charge in [0, 0.05) is 40.3 Å². The first kappa shape index (κ1) is 20.5. The smallest absolute Gasteiger partial charge is 0.191 e. The van der Waals surface area contributed by atoms with Gasteiger partial charge in [-0.15, -0.1) is 47.1 Å². The Balaban J connectivity index is 0.00000264. The summed E-state index contributed by atoms with van der Waals surface area (Å²) in [5.41, 5.74) is 0. The van der Waals surface area contributed by atoms with Gasteiger partial charge in [-0.3, -0.25) is 4.99 Å². The van der Waals surface area contributed by atoms with Gasteiger partial charge in [0.05, 0.1) is 11.6 Å². The molecule has 1 aromatic carbocycles. The monoisotopic (exact) mass is 482 g/mol. The molecule has 0 unspecified atom stereocenters. The Bertz CT molecular complexity index is 616. The van der Waals surface area contributed by atoms with E-state index in [1.54, 1.807) is 30.1 Å². The second-order valence-corrected chi connectivity index (χ2v) is 7.42. The summed E-state index contributed by atoms with van der Waals surface area (Å²) in [6.07, 6.45) is 1.90. The molecular weight excluding hydrogens is 463 g/mol. The first-order chi connectivity index (χ1) is 10.7. The molecule has 0 radical (unpaired) electrons. The van der Waals surface area contributed by atoms with Gasteiger partial charge in [0.15, 0.2) is 5.96 Å². The second kappa shape index (κ2) is 11.1. The Morgan fingerprint density at radius 3 is 2.65 bits per heavy atom. The van der Waals surface area contributed by atoms with Gasteiger partial charge in [0.2, 0.25) is 0 Å². The van der Waals surface area contributed by atoms with E-state index in [4.69, 9.17) is 11.6 Å². The Morgan fingerprint density at radius 2 is 2.04 bits per heavy atom. The van der Waals surface area contributed by atoms with Crippen molar-refractivity contribution in [1.29, 1.82) is 0 Å². The molecule has 23 heavy (non-hydrogen) atoms.